The molecule has 0 radical (unpaired) electrons. The summed E-state index contributed by atoms with van der Waals surface area (Å²) in [5.41, 5.74) is 0. The molecule has 5 aromatic rings. The first kappa shape index (κ1) is 23.2. The zero-order chi connectivity index (χ0) is 24.2. The van der Waals surface area contributed by atoms with Crippen LogP contribution in [0.3, 0.4) is 0 Å². The van der Waals surface area contributed by atoms with E-state index in [4.69, 9.17) is 9.47 Å². The highest BCUT2D eigenvalue weighted by Crippen LogP contribution is 2.43. The lowest BCUT2D eigenvalue weighted by molar-refractivity contribution is 0.383. The summed E-state index contributed by atoms with van der Waals surface area (Å²) >= 11 is 0. The summed E-state index contributed by atoms with van der Waals surface area (Å²) in [6.07, 6.45) is 0. The SMILES string of the molecule is COc1cc(OC)c(S(=O)c2ccccc2)c([S+](c2ccccc2)c2ccc3ccccc3c2)c1. The van der Waals surface area contributed by atoms with Crippen LogP contribution in [0.2, 0.25) is 0 Å². The Morgan fingerprint density at radius 3 is 1.97 bits per heavy atom. The predicted octanol–water partition coefficient (Wildman–Crippen LogP) is 7.12. The van der Waals surface area contributed by atoms with Crippen molar-refractivity contribution in [3.8, 4) is 11.5 Å². The number of ether oxygens (including phenoxy) is 2. The Labute approximate surface area is 211 Å². The normalized spacial score (nSPS) is 12.7. The van der Waals surface area contributed by atoms with E-state index in [-0.39, 0.29) is 0 Å². The molecule has 0 bridgehead atoms. The van der Waals surface area contributed by atoms with Crippen molar-refractivity contribution in [3.05, 3.63) is 115 Å². The van der Waals surface area contributed by atoms with Gasteiger partial charge < -0.3 is 9.47 Å². The van der Waals surface area contributed by atoms with E-state index in [2.05, 4.69) is 48.5 Å². The molecule has 35 heavy (non-hydrogen) atoms. The van der Waals surface area contributed by atoms with Crippen LogP contribution in [0, 0.1) is 0 Å². The molecule has 0 fully saturated rings. The number of benzene rings is 5. The summed E-state index contributed by atoms with van der Waals surface area (Å²) in [6.45, 7) is 0. The molecule has 5 heteroatoms. The molecule has 0 amide bonds. The molecule has 0 spiro atoms. The van der Waals surface area contributed by atoms with E-state index < -0.39 is 21.7 Å². The molecular weight excluding hydrogens is 472 g/mol. The highest BCUT2D eigenvalue weighted by Gasteiger charge is 2.36. The van der Waals surface area contributed by atoms with Crippen LogP contribution in [-0.2, 0) is 21.7 Å². The minimum Gasteiger partial charge on any atom is -0.496 e. The fraction of sp³-hybridized carbons (Fsp3) is 0.0667. The first-order chi connectivity index (χ1) is 17.2. The lowest BCUT2D eigenvalue weighted by Gasteiger charge is -2.16. The first-order valence-electron chi connectivity index (χ1n) is 11.2. The van der Waals surface area contributed by atoms with E-state index in [1.54, 1.807) is 14.2 Å². The van der Waals surface area contributed by atoms with Gasteiger partial charge >= 0.3 is 0 Å². The molecule has 3 nitrogen and oxygen atoms in total. The quantitative estimate of drug-likeness (QED) is 0.225. The van der Waals surface area contributed by atoms with Crippen molar-refractivity contribution in [2.24, 2.45) is 0 Å². The average molecular weight is 498 g/mol. The molecular formula is C30H25O3S2+. The number of rotatable bonds is 7. The third kappa shape index (κ3) is 4.70. The number of hydrogen-bond donors (Lipinski definition) is 0. The highest BCUT2D eigenvalue weighted by molar-refractivity contribution is 7.97. The van der Waals surface area contributed by atoms with Crippen molar-refractivity contribution in [2.45, 2.75) is 24.5 Å². The van der Waals surface area contributed by atoms with Gasteiger partial charge in [-0.25, -0.2) is 4.21 Å². The van der Waals surface area contributed by atoms with Gasteiger partial charge in [-0.3, -0.25) is 0 Å². The fourth-order valence-electron chi connectivity index (χ4n) is 4.06. The Bertz CT molecular complexity index is 1480. The lowest BCUT2D eigenvalue weighted by Crippen LogP contribution is -2.11. The summed E-state index contributed by atoms with van der Waals surface area (Å²) in [5, 5.41) is 2.35. The second kappa shape index (κ2) is 10.4. The van der Waals surface area contributed by atoms with Gasteiger partial charge in [-0.1, -0.05) is 60.7 Å². The van der Waals surface area contributed by atoms with E-state index in [1.165, 1.54) is 10.8 Å². The van der Waals surface area contributed by atoms with Gasteiger partial charge in [-0.2, -0.15) is 0 Å². The van der Waals surface area contributed by atoms with E-state index in [1.807, 2.05) is 66.7 Å². The van der Waals surface area contributed by atoms with Crippen LogP contribution in [0.25, 0.3) is 10.8 Å². The van der Waals surface area contributed by atoms with Gasteiger partial charge in [0.15, 0.2) is 14.7 Å². The molecule has 174 valence electrons. The van der Waals surface area contributed by atoms with Crippen molar-refractivity contribution >= 4 is 32.5 Å². The molecule has 2 unspecified atom stereocenters. The fourth-order valence-corrected chi connectivity index (χ4v) is 7.92. The molecule has 0 aliphatic rings. The molecule has 0 aromatic heterocycles. The Balaban J connectivity index is 1.80. The number of hydrogen-bond acceptors (Lipinski definition) is 3. The summed E-state index contributed by atoms with van der Waals surface area (Å²) in [7, 11) is 1.25. The van der Waals surface area contributed by atoms with Crippen molar-refractivity contribution in [1.82, 2.24) is 0 Å². The maximum atomic E-state index is 14.0. The summed E-state index contributed by atoms with van der Waals surface area (Å²) in [6, 6.07) is 38.6. The molecule has 5 aromatic carbocycles. The molecule has 0 aliphatic heterocycles. The van der Waals surface area contributed by atoms with Crippen LogP contribution in [0.5, 0.6) is 11.5 Å². The minimum atomic E-state index is -1.45. The monoisotopic (exact) mass is 497 g/mol. The summed E-state index contributed by atoms with van der Waals surface area (Å²) in [4.78, 5) is 4.58. The second-order valence-corrected chi connectivity index (χ2v) is 11.3. The predicted molar refractivity (Wildman–Crippen MR) is 143 cm³/mol. The molecule has 0 N–H and O–H groups in total. The van der Waals surface area contributed by atoms with Gasteiger partial charge in [-0.05, 0) is 47.2 Å². The van der Waals surface area contributed by atoms with Gasteiger partial charge in [0.1, 0.15) is 27.3 Å². The largest absolute Gasteiger partial charge is 0.496 e. The summed E-state index contributed by atoms with van der Waals surface area (Å²) < 4.78 is 25.5. The third-order valence-electron chi connectivity index (χ3n) is 5.75. The standard InChI is InChI=1S/C30H25O3S2/c1-32-24-20-28(33-2)30(35(31)26-15-7-4-8-16-26)29(21-24)34(25-13-5-3-6-14-25)27-18-17-22-11-9-10-12-23(22)19-27/h3-21H,1-2H3/q+1. The molecule has 2 atom stereocenters. The summed E-state index contributed by atoms with van der Waals surface area (Å²) in [5.74, 6) is 1.22. The minimum absolute atomic E-state index is 0.552. The van der Waals surface area contributed by atoms with Crippen LogP contribution < -0.4 is 9.47 Å². The zero-order valence-electron chi connectivity index (χ0n) is 19.5. The molecule has 0 saturated heterocycles. The smallest absolute Gasteiger partial charge is 0.190 e. The van der Waals surface area contributed by atoms with Crippen LogP contribution in [0.15, 0.2) is 140 Å². The number of methoxy groups -OCH3 is 2. The lowest BCUT2D eigenvalue weighted by atomic mass is 10.1. The van der Waals surface area contributed by atoms with Crippen molar-refractivity contribution in [2.75, 3.05) is 14.2 Å². The van der Waals surface area contributed by atoms with Crippen LogP contribution in [-0.4, -0.2) is 18.4 Å². The Hall–Kier alpha value is -3.54. The Morgan fingerprint density at radius 2 is 1.29 bits per heavy atom. The van der Waals surface area contributed by atoms with Gasteiger partial charge in [0.25, 0.3) is 0 Å². The first-order valence-corrected chi connectivity index (χ1v) is 13.6. The molecule has 0 aliphatic carbocycles. The number of fused-ring (bicyclic) bond motifs is 1. The van der Waals surface area contributed by atoms with Gasteiger partial charge in [0.2, 0.25) is 0 Å². The third-order valence-corrected chi connectivity index (χ3v) is 9.60. The zero-order valence-corrected chi connectivity index (χ0v) is 21.1. The Kier molecular flexibility index (Phi) is 6.89. The van der Waals surface area contributed by atoms with Gasteiger partial charge in [0.05, 0.1) is 25.0 Å². The van der Waals surface area contributed by atoms with Crippen molar-refractivity contribution < 1.29 is 13.7 Å². The maximum absolute atomic E-state index is 14.0. The highest BCUT2D eigenvalue weighted by atomic mass is 32.2. The molecule has 0 saturated carbocycles. The molecule has 5 rings (SSSR count). The second-order valence-electron chi connectivity index (χ2n) is 7.87. The van der Waals surface area contributed by atoms with E-state index >= 15 is 0 Å². The maximum Gasteiger partial charge on any atom is 0.190 e. The van der Waals surface area contributed by atoms with E-state index in [0.29, 0.717) is 16.4 Å². The van der Waals surface area contributed by atoms with Gasteiger partial charge in [-0.15, -0.1) is 0 Å². The van der Waals surface area contributed by atoms with E-state index in [0.717, 1.165) is 19.6 Å². The Morgan fingerprint density at radius 1 is 0.629 bits per heavy atom. The molecule has 0 heterocycles. The van der Waals surface area contributed by atoms with Gasteiger partial charge in [0, 0.05) is 23.1 Å². The van der Waals surface area contributed by atoms with Crippen LogP contribution in [0.1, 0.15) is 0 Å². The van der Waals surface area contributed by atoms with Crippen LogP contribution in [0.4, 0.5) is 0 Å². The van der Waals surface area contributed by atoms with Crippen LogP contribution >= 0.6 is 0 Å². The van der Waals surface area contributed by atoms with Crippen molar-refractivity contribution in [1.29, 1.82) is 0 Å². The average Bonchev–Trinajstić information content (AvgIpc) is 2.93. The van der Waals surface area contributed by atoms with Crippen molar-refractivity contribution in [3.63, 3.8) is 0 Å². The topological polar surface area (TPSA) is 35.5 Å². The van der Waals surface area contributed by atoms with E-state index in [9.17, 15) is 4.21 Å².